The van der Waals surface area contributed by atoms with Crippen LogP contribution in [0.3, 0.4) is 0 Å². The Morgan fingerprint density at radius 2 is 1.89 bits per heavy atom. The molecule has 2 aliphatic heterocycles. The van der Waals surface area contributed by atoms with Gasteiger partial charge in [0.25, 0.3) is 0 Å². The van der Waals surface area contributed by atoms with Gasteiger partial charge in [-0.25, -0.2) is 0 Å². The monoisotopic (exact) mass is 511 g/mol. The second-order valence-corrected chi connectivity index (χ2v) is 10.6. The van der Waals surface area contributed by atoms with E-state index in [4.69, 9.17) is 14.2 Å². The zero-order valence-electron chi connectivity index (χ0n) is 22.2. The van der Waals surface area contributed by atoms with Crippen molar-refractivity contribution in [3.63, 3.8) is 0 Å². The third-order valence-corrected chi connectivity index (χ3v) is 8.23. The van der Waals surface area contributed by atoms with Gasteiger partial charge in [0, 0.05) is 61.8 Å². The van der Waals surface area contributed by atoms with Crippen molar-refractivity contribution in [3.05, 3.63) is 89.4 Å². The van der Waals surface area contributed by atoms with Crippen LogP contribution in [0.2, 0.25) is 0 Å². The standard InChI is InChI=1S/C32H37N3O3/c1-36-31-19-28-25(18-32(31)38-22-24-8-13-33-14-9-24)10-15-35(21-23-11-16-37-17-12-23)30(28)7-6-26-20-34-29-5-3-2-4-27(26)29/h2-5,8-9,13-14,18-20,23,30,34H,6-7,10-12,15-17,21-22H2,1H3. The van der Waals surface area contributed by atoms with E-state index >= 15 is 0 Å². The lowest BCUT2D eigenvalue weighted by molar-refractivity contribution is 0.0423. The van der Waals surface area contributed by atoms with Crippen LogP contribution < -0.4 is 9.47 Å². The first-order chi connectivity index (χ1) is 18.8. The summed E-state index contributed by atoms with van der Waals surface area (Å²) in [5.74, 6) is 2.32. The fourth-order valence-electron chi connectivity index (χ4n) is 6.12. The highest BCUT2D eigenvalue weighted by Crippen LogP contribution is 2.41. The van der Waals surface area contributed by atoms with Crippen LogP contribution in [0, 0.1) is 5.92 Å². The van der Waals surface area contributed by atoms with Gasteiger partial charge in [-0.2, -0.15) is 0 Å². The highest BCUT2D eigenvalue weighted by Gasteiger charge is 2.31. The molecule has 1 atom stereocenters. The Hall–Kier alpha value is -3.35. The number of fused-ring (bicyclic) bond motifs is 2. The normalized spacial score (nSPS) is 18.4. The van der Waals surface area contributed by atoms with Gasteiger partial charge in [-0.3, -0.25) is 9.88 Å². The number of methoxy groups -OCH3 is 1. The maximum Gasteiger partial charge on any atom is 0.161 e. The predicted molar refractivity (Wildman–Crippen MR) is 150 cm³/mol. The number of rotatable bonds is 9. The number of hydrogen-bond acceptors (Lipinski definition) is 5. The molecule has 6 rings (SSSR count). The minimum Gasteiger partial charge on any atom is -0.493 e. The number of aromatic nitrogens is 2. The van der Waals surface area contributed by atoms with E-state index in [2.05, 4.69) is 57.5 Å². The van der Waals surface area contributed by atoms with Crippen molar-refractivity contribution < 1.29 is 14.2 Å². The summed E-state index contributed by atoms with van der Waals surface area (Å²) in [6.45, 7) is 4.47. The molecule has 0 bridgehead atoms. The Labute approximate surface area is 224 Å². The van der Waals surface area contributed by atoms with Crippen molar-refractivity contribution >= 4 is 10.9 Å². The summed E-state index contributed by atoms with van der Waals surface area (Å²) in [5, 5.41) is 1.33. The van der Waals surface area contributed by atoms with Crippen LogP contribution in [0.25, 0.3) is 10.9 Å². The van der Waals surface area contributed by atoms with Crippen LogP contribution in [0.1, 0.15) is 47.6 Å². The molecule has 38 heavy (non-hydrogen) atoms. The van der Waals surface area contributed by atoms with Gasteiger partial charge in [0.1, 0.15) is 6.61 Å². The zero-order valence-corrected chi connectivity index (χ0v) is 22.2. The molecule has 1 fully saturated rings. The Balaban J connectivity index is 1.27. The second-order valence-electron chi connectivity index (χ2n) is 10.6. The van der Waals surface area contributed by atoms with Crippen LogP contribution in [0.4, 0.5) is 0 Å². The molecule has 1 N–H and O–H groups in total. The van der Waals surface area contributed by atoms with Crippen molar-refractivity contribution in [1.29, 1.82) is 0 Å². The number of para-hydroxylation sites is 1. The Kier molecular flexibility index (Phi) is 7.61. The fraction of sp³-hybridized carbons (Fsp3) is 0.406. The number of ether oxygens (including phenoxy) is 3. The van der Waals surface area contributed by atoms with E-state index < -0.39 is 0 Å². The molecular formula is C32H37N3O3. The Morgan fingerprint density at radius 1 is 1.05 bits per heavy atom. The first-order valence-electron chi connectivity index (χ1n) is 13.9. The van der Waals surface area contributed by atoms with E-state index in [0.29, 0.717) is 18.6 Å². The van der Waals surface area contributed by atoms with E-state index in [0.717, 1.165) is 75.5 Å². The van der Waals surface area contributed by atoms with Crippen molar-refractivity contribution in [1.82, 2.24) is 14.9 Å². The number of aromatic amines is 1. The molecule has 6 nitrogen and oxygen atoms in total. The van der Waals surface area contributed by atoms with E-state index in [-0.39, 0.29) is 0 Å². The molecule has 0 amide bonds. The Morgan fingerprint density at radius 3 is 2.74 bits per heavy atom. The lowest BCUT2D eigenvalue weighted by atomic mass is 9.87. The average Bonchev–Trinajstić information content (AvgIpc) is 3.39. The maximum atomic E-state index is 6.25. The minimum atomic E-state index is 0.346. The number of aryl methyl sites for hydroxylation is 1. The first kappa shape index (κ1) is 25.0. The van der Waals surface area contributed by atoms with Gasteiger partial charge in [-0.1, -0.05) is 18.2 Å². The highest BCUT2D eigenvalue weighted by atomic mass is 16.5. The lowest BCUT2D eigenvalue weighted by Crippen LogP contribution is -2.40. The third kappa shape index (κ3) is 5.42. The van der Waals surface area contributed by atoms with Crippen molar-refractivity contribution in [2.75, 3.05) is 33.4 Å². The largest absolute Gasteiger partial charge is 0.493 e. The smallest absolute Gasteiger partial charge is 0.161 e. The summed E-state index contributed by atoms with van der Waals surface area (Å²) >= 11 is 0. The molecule has 1 unspecified atom stereocenters. The molecule has 0 aliphatic carbocycles. The van der Waals surface area contributed by atoms with Gasteiger partial charge in [-0.15, -0.1) is 0 Å². The third-order valence-electron chi connectivity index (χ3n) is 8.23. The summed E-state index contributed by atoms with van der Waals surface area (Å²) < 4.78 is 17.8. The summed E-state index contributed by atoms with van der Waals surface area (Å²) in [7, 11) is 1.74. The SMILES string of the molecule is COc1cc2c(cc1OCc1ccncc1)CCN(CC1CCOCC1)C2CCc1c[nH]c2ccccc12. The molecule has 6 heteroatoms. The molecule has 198 valence electrons. The zero-order chi connectivity index (χ0) is 25.7. The van der Waals surface area contributed by atoms with Gasteiger partial charge >= 0.3 is 0 Å². The number of nitrogens with zero attached hydrogens (tertiary/aromatic N) is 2. The molecule has 4 heterocycles. The molecule has 2 aromatic carbocycles. The minimum absolute atomic E-state index is 0.346. The van der Waals surface area contributed by atoms with E-state index in [1.165, 1.54) is 27.6 Å². The molecule has 1 saturated heterocycles. The van der Waals surface area contributed by atoms with E-state index in [1.807, 2.05) is 12.1 Å². The van der Waals surface area contributed by atoms with Crippen LogP contribution in [0.15, 0.2) is 67.1 Å². The summed E-state index contributed by atoms with van der Waals surface area (Å²) in [6, 6.07) is 17.4. The van der Waals surface area contributed by atoms with Crippen molar-refractivity contribution in [2.24, 2.45) is 5.92 Å². The quantitative estimate of drug-likeness (QED) is 0.294. The first-order valence-corrected chi connectivity index (χ1v) is 13.9. The molecule has 4 aromatic rings. The lowest BCUT2D eigenvalue weighted by Gasteiger charge is -2.40. The summed E-state index contributed by atoms with van der Waals surface area (Å²) in [4.78, 5) is 10.3. The van der Waals surface area contributed by atoms with Gasteiger partial charge in [0.15, 0.2) is 11.5 Å². The number of hydrogen-bond donors (Lipinski definition) is 1. The van der Waals surface area contributed by atoms with Crippen molar-refractivity contribution in [3.8, 4) is 11.5 Å². The maximum absolute atomic E-state index is 6.25. The van der Waals surface area contributed by atoms with Gasteiger partial charge in [0.05, 0.1) is 7.11 Å². The summed E-state index contributed by atoms with van der Waals surface area (Å²) in [6.07, 6.45) is 11.2. The molecule has 0 spiro atoms. The Bertz CT molecular complexity index is 1350. The number of benzene rings is 2. The molecular weight excluding hydrogens is 474 g/mol. The summed E-state index contributed by atoms with van der Waals surface area (Å²) in [5.41, 5.74) is 6.46. The molecule has 0 radical (unpaired) electrons. The second kappa shape index (κ2) is 11.6. The van der Waals surface area contributed by atoms with Crippen LogP contribution in [-0.4, -0.2) is 48.3 Å². The molecule has 2 aromatic heterocycles. The van der Waals surface area contributed by atoms with Crippen LogP contribution in [0.5, 0.6) is 11.5 Å². The number of H-pyrrole nitrogens is 1. The average molecular weight is 512 g/mol. The van der Waals surface area contributed by atoms with Crippen LogP contribution in [-0.2, 0) is 24.2 Å². The van der Waals surface area contributed by atoms with Crippen LogP contribution >= 0.6 is 0 Å². The van der Waals surface area contributed by atoms with Gasteiger partial charge in [0.2, 0.25) is 0 Å². The number of pyridine rings is 1. The number of nitrogens with one attached hydrogen (secondary N) is 1. The van der Waals surface area contributed by atoms with Crippen molar-refractivity contribution in [2.45, 2.75) is 44.8 Å². The van der Waals surface area contributed by atoms with E-state index in [1.54, 1.807) is 19.5 Å². The molecule has 2 aliphatic rings. The van der Waals surface area contributed by atoms with E-state index in [9.17, 15) is 0 Å². The van der Waals surface area contributed by atoms with Gasteiger partial charge in [-0.05, 0) is 90.6 Å². The molecule has 0 saturated carbocycles. The predicted octanol–water partition coefficient (Wildman–Crippen LogP) is 6.11. The highest BCUT2D eigenvalue weighted by molar-refractivity contribution is 5.83. The van der Waals surface area contributed by atoms with Gasteiger partial charge < -0.3 is 19.2 Å². The fourth-order valence-corrected chi connectivity index (χ4v) is 6.12. The topological polar surface area (TPSA) is 59.6 Å².